The van der Waals surface area contributed by atoms with Crippen molar-refractivity contribution in [2.24, 2.45) is 0 Å². The fraction of sp³-hybridized carbons (Fsp3) is 0.333. The van der Waals surface area contributed by atoms with Crippen molar-refractivity contribution in [1.82, 2.24) is 15.1 Å². The third-order valence-electron chi connectivity index (χ3n) is 4.44. The van der Waals surface area contributed by atoms with Gasteiger partial charge in [0.15, 0.2) is 0 Å². The molecule has 3 aromatic rings. The summed E-state index contributed by atoms with van der Waals surface area (Å²) in [5.41, 5.74) is 3.56. The monoisotopic (exact) mass is 423 g/mol. The Bertz CT molecular complexity index is 1000. The number of rotatable bonds is 7. The van der Waals surface area contributed by atoms with Gasteiger partial charge in [-0.3, -0.25) is 0 Å². The van der Waals surface area contributed by atoms with Crippen molar-refractivity contribution >= 4 is 6.09 Å². The normalized spacial score (nSPS) is 11.1. The number of methoxy groups -OCH3 is 1. The van der Waals surface area contributed by atoms with Crippen molar-refractivity contribution in [2.75, 3.05) is 20.3 Å². The van der Waals surface area contributed by atoms with Crippen LogP contribution in [0.25, 0.3) is 16.9 Å². The number of ether oxygens (including phenoxy) is 3. The van der Waals surface area contributed by atoms with E-state index < -0.39 is 11.7 Å². The summed E-state index contributed by atoms with van der Waals surface area (Å²) in [7, 11) is 1.65. The average Bonchev–Trinajstić information content (AvgIpc) is 3.12. The lowest BCUT2D eigenvalue weighted by molar-refractivity contribution is 0.0520. The molecule has 2 aromatic carbocycles. The first-order chi connectivity index (χ1) is 14.8. The Morgan fingerprint density at radius 3 is 2.29 bits per heavy atom. The second-order valence-corrected chi connectivity index (χ2v) is 8.09. The molecule has 0 aliphatic heterocycles. The Balaban J connectivity index is 1.63. The molecular formula is C24H29N3O4. The molecule has 1 amide bonds. The molecule has 0 saturated heterocycles. The lowest BCUT2D eigenvalue weighted by atomic mass is 10.1. The molecule has 164 valence electrons. The summed E-state index contributed by atoms with van der Waals surface area (Å²) in [6.07, 6.45) is 1.40. The van der Waals surface area contributed by atoms with Gasteiger partial charge < -0.3 is 19.5 Å². The number of benzene rings is 2. The minimum Gasteiger partial charge on any atom is -0.497 e. The van der Waals surface area contributed by atoms with E-state index in [1.165, 1.54) is 0 Å². The molecule has 0 radical (unpaired) electrons. The minimum absolute atomic E-state index is 0.349. The molecule has 0 aliphatic rings. The van der Waals surface area contributed by atoms with Gasteiger partial charge in [0.1, 0.15) is 23.7 Å². The zero-order valence-corrected chi connectivity index (χ0v) is 18.6. The van der Waals surface area contributed by atoms with Crippen LogP contribution < -0.4 is 14.8 Å². The SMILES string of the molecule is COc1ccc(-n2ncc(C)c2-c2ccc(OCCNC(=O)OC(C)(C)C)cc2)cc1. The Kier molecular flexibility index (Phi) is 6.84. The van der Waals surface area contributed by atoms with Crippen LogP contribution in [0.4, 0.5) is 4.79 Å². The summed E-state index contributed by atoms with van der Waals surface area (Å²) in [5.74, 6) is 1.53. The van der Waals surface area contributed by atoms with E-state index in [0.717, 1.165) is 34.0 Å². The van der Waals surface area contributed by atoms with Gasteiger partial charge in [-0.05, 0) is 81.8 Å². The Hall–Kier alpha value is -3.48. The van der Waals surface area contributed by atoms with Crippen LogP contribution in [0.2, 0.25) is 0 Å². The molecule has 0 aliphatic carbocycles. The van der Waals surface area contributed by atoms with E-state index in [4.69, 9.17) is 14.2 Å². The molecule has 0 bridgehead atoms. The minimum atomic E-state index is -0.517. The van der Waals surface area contributed by atoms with Crippen LogP contribution >= 0.6 is 0 Å². The van der Waals surface area contributed by atoms with Gasteiger partial charge in [0.05, 0.1) is 31.2 Å². The van der Waals surface area contributed by atoms with Gasteiger partial charge in [-0.15, -0.1) is 0 Å². The lowest BCUT2D eigenvalue weighted by Crippen LogP contribution is -2.34. The Morgan fingerprint density at radius 1 is 1.03 bits per heavy atom. The van der Waals surface area contributed by atoms with Crippen LogP contribution in [0.3, 0.4) is 0 Å². The largest absolute Gasteiger partial charge is 0.497 e. The van der Waals surface area contributed by atoms with Gasteiger partial charge in [0, 0.05) is 5.56 Å². The lowest BCUT2D eigenvalue weighted by Gasteiger charge is -2.19. The summed E-state index contributed by atoms with van der Waals surface area (Å²) in [5, 5.41) is 7.21. The molecule has 1 N–H and O–H groups in total. The predicted molar refractivity (Wildman–Crippen MR) is 120 cm³/mol. The molecule has 31 heavy (non-hydrogen) atoms. The smallest absolute Gasteiger partial charge is 0.407 e. The number of aromatic nitrogens is 2. The van der Waals surface area contributed by atoms with Crippen molar-refractivity contribution in [3.63, 3.8) is 0 Å². The predicted octanol–water partition coefficient (Wildman–Crippen LogP) is 4.76. The third-order valence-corrected chi connectivity index (χ3v) is 4.44. The number of nitrogens with zero attached hydrogens (tertiary/aromatic N) is 2. The van der Waals surface area contributed by atoms with Crippen LogP contribution in [0, 0.1) is 6.92 Å². The molecule has 0 fully saturated rings. The molecule has 0 atom stereocenters. The first-order valence-electron chi connectivity index (χ1n) is 10.2. The molecule has 0 spiro atoms. The zero-order chi connectivity index (χ0) is 22.4. The van der Waals surface area contributed by atoms with Crippen LogP contribution in [0.15, 0.2) is 54.7 Å². The van der Waals surface area contributed by atoms with E-state index in [0.29, 0.717) is 13.2 Å². The summed E-state index contributed by atoms with van der Waals surface area (Å²) in [6.45, 7) is 8.23. The molecule has 1 heterocycles. The molecule has 0 unspecified atom stereocenters. The average molecular weight is 424 g/mol. The highest BCUT2D eigenvalue weighted by molar-refractivity contribution is 5.67. The maximum absolute atomic E-state index is 11.7. The molecule has 0 saturated carbocycles. The first kappa shape index (κ1) is 22.2. The van der Waals surface area contributed by atoms with Crippen molar-refractivity contribution in [3.05, 3.63) is 60.3 Å². The molecule has 7 nitrogen and oxygen atoms in total. The number of carbonyl (C=O) groups is 1. The number of aryl methyl sites for hydroxylation is 1. The number of alkyl carbamates (subject to hydrolysis) is 1. The second-order valence-electron chi connectivity index (χ2n) is 8.09. The van der Waals surface area contributed by atoms with Crippen molar-refractivity contribution in [3.8, 4) is 28.4 Å². The molecule has 7 heteroatoms. The maximum Gasteiger partial charge on any atom is 0.407 e. The summed E-state index contributed by atoms with van der Waals surface area (Å²) in [4.78, 5) is 11.7. The van der Waals surface area contributed by atoms with E-state index in [1.807, 2.05) is 87.1 Å². The van der Waals surface area contributed by atoms with E-state index in [9.17, 15) is 4.79 Å². The quantitative estimate of drug-likeness (QED) is 0.555. The van der Waals surface area contributed by atoms with Crippen LogP contribution in [-0.4, -0.2) is 41.7 Å². The zero-order valence-electron chi connectivity index (χ0n) is 18.6. The Morgan fingerprint density at radius 2 is 1.68 bits per heavy atom. The van der Waals surface area contributed by atoms with Gasteiger partial charge in [0.25, 0.3) is 0 Å². The second kappa shape index (κ2) is 9.55. The van der Waals surface area contributed by atoms with Gasteiger partial charge in [0.2, 0.25) is 0 Å². The van der Waals surface area contributed by atoms with Crippen molar-refractivity contribution in [2.45, 2.75) is 33.3 Å². The summed E-state index contributed by atoms with van der Waals surface area (Å²) in [6, 6.07) is 15.6. The van der Waals surface area contributed by atoms with Crippen molar-refractivity contribution < 1.29 is 19.0 Å². The van der Waals surface area contributed by atoms with Crippen molar-refractivity contribution in [1.29, 1.82) is 0 Å². The standard InChI is InChI=1S/C24H29N3O4/c1-17-16-26-27(19-8-12-20(29-5)13-9-19)22(17)18-6-10-21(11-7-18)30-15-14-25-23(28)31-24(2,3)4/h6-13,16H,14-15H2,1-5H3,(H,25,28). The first-order valence-corrected chi connectivity index (χ1v) is 10.2. The van der Waals surface area contributed by atoms with Gasteiger partial charge in [-0.2, -0.15) is 5.10 Å². The van der Waals surface area contributed by atoms with Crippen LogP contribution in [0.5, 0.6) is 11.5 Å². The van der Waals surface area contributed by atoms with Gasteiger partial charge in [-0.25, -0.2) is 9.48 Å². The number of carbonyl (C=O) groups excluding carboxylic acids is 1. The fourth-order valence-electron chi connectivity index (χ4n) is 3.04. The van der Waals surface area contributed by atoms with E-state index >= 15 is 0 Å². The molecule has 1 aromatic heterocycles. The highest BCUT2D eigenvalue weighted by atomic mass is 16.6. The molecule has 3 rings (SSSR count). The maximum atomic E-state index is 11.7. The third kappa shape index (κ3) is 6.01. The number of nitrogens with one attached hydrogen (secondary N) is 1. The number of hydrogen-bond acceptors (Lipinski definition) is 5. The summed E-state index contributed by atoms with van der Waals surface area (Å²) >= 11 is 0. The van der Waals surface area contributed by atoms with Gasteiger partial charge >= 0.3 is 6.09 Å². The highest BCUT2D eigenvalue weighted by Gasteiger charge is 2.15. The Labute approximate surface area is 182 Å². The topological polar surface area (TPSA) is 74.6 Å². The summed E-state index contributed by atoms with van der Waals surface area (Å²) < 4.78 is 18.1. The van der Waals surface area contributed by atoms with E-state index in [1.54, 1.807) is 7.11 Å². The van der Waals surface area contributed by atoms with E-state index in [-0.39, 0.29) is 0 Å². The fourth-order valence-corrected chi connectivity index (χ4v) is 3.04. The van der Waals surface area contributed by atoms with E-state index in [2.05, 4.69) is 10.4 Å². The van der Waals surface area contributed by atoms with Gasteiger partial charge in [-0.1, -0.05) is 0 Å². The van der Waals surface area contributed by atoms with Crippen LogP contribution in [-0.2, 0) is 4.74 Å². The van der Waals surface area contributed by atoms with Crippen LogP contribution in [0.1, 0.15) is 26.3 Å². The number of amides is 1. The number of hydrogen-bond donors (Lipinski definition) is 1. The molecular weight excluding hydrogens is 394 g/mol. The highest BCUT2D eigenvalue weighted by Crippen LogP contribution is 2.28.